The molecule has 6 heteroatoms. The Morgan fingerprint density at radius 2 is 1.72 bits per heavy atom. The van der Waals surface area contributed by atoms with E-state index in [4.69, 9.17) is 9.15 Å². The summed E-state index contributed by atoms with van der Waals surface area (Å²) < 4.78 is 12.0. The number of ether oxygens (including phenoxy) is 1. The van der Waals surface area contributed by atoms with Crippen molar-refractivity contribution < 1.29 is 13.9 Å². The van der Waals surface area contributed by atoms with Gasteiger partial charge in [0, 0.05) is 10.2 Å². The molecule has 2 heterocycles. The molecule has 4 aromatic rings. The molecule has 1 amide bonds. The molecule has 0 bridgehead atoms. The Bertz CT molecular complexity index is 1390. The van der Waals surface area contributed by atoms with Gasteiger partial charge in [0.15, 0.2) is 5.43 Å². The number of nitrogens with zero attached hydrogens (tertiary/aromatic N) is 1. The zero-order valence-corrected chi connectivity index (χ0v) is 19.2. The summed E-state index contributed by atoms with van der Waals surface area (Å²) in [5.41, 5.74) is 3.26. The Balaban J connectivity index is 1.77. The molecule has 0 spiro atoms. The summed E-state index contributed by atoms with van der Waals surface area (Å²) in [4.78, 5) is 28.8. The van der Waals surface area contributed by atoms with Gasteiger partial charge in [-0.3, -0.25) is 14.5 Å². The molecule has 5 rings (SSSR count). The van der Waals surface area contributed by atoms with Crippen molar-refractivity contribution in [1.82, 2.24) is 0 Å². The van der Waals surface area contributed by atoms with Gasteiger partial charge in [-0.05, 0) is 60.0 Å². The quantitative estimate of drug-likeness (QED) is 0.359. The molecule has 1 atom stereocenters. The molecule has 0 saturated heterocycles. The Morgan fingerprint density at radius 3 is 2.38 bits per heavy atom. The number of halogens is 1. The summed E-state index contributed by atoms with van der Waals surface area (Å²) in [5.74, 6) is 0.438. The van der Waals surface area contributed by atoms with Crippen molar-refractivity contribution >= 4 is 38.5 Å². The highest BCUT2D eigenvalue weighted by molar-refractivity contribution is 9.10. The maximum atomic E-state index is 13.6. The number of carbonyl (C=O) groups is 1. The second-order valence-electron chi connectivity index (χ2n) is 7.69. The minimum Gasteiger partial charge on any atom is -0.497 e. The molecule has 0 aliphatic carbocycles. The van der Waals surface area contributed by atoms with E-state index in [9.17, 15) is 9.59 Å². The maximum Gasteiger partial charge on any atom is 0.295 e. The summed E-state index contributed by atoms with van der Waals surface area (Å²) in [6.07, 6.45) is 0.906. The van der Waals surface area contributed by atoms with Gasteiger partial charge >= 0.3 is 0 Å². The molecule has 1 unspecified atom stereocenters. The van der Waals surface area contributed by atoms with Crippen molar-refractivity contribution in [2.24, 2.45) is 0 Å². The number of anilines is 1. The van der Waals surface area contributed by atoms with Crippen LogP contribution in [0.1, 0.15) is 40.2 Å². The van der Waals surface area contributed by atoms with E-state index in [0.29, 0.717) is 28.0 Å². The third-order valence-corrected chi connectivity index (χ3v) is 6.38. The Labute approximate surface area is 193 Å². The van der Waals surface area contributed by atoms with Crippen LogP contribution < -0.4 is 15.1 Å². The molecule has 1 aliphatic rings. The number of aryl methyl sites for hydroxylation is 1. The molecule has 32 heavy (non-hydrogen) atoms. The van der Waals surface area contributed by atoms with Crippen molar-refractivity contribution in [3.63, 3.8) is 0 Å². The number of hydrogen-bond donors (Lipinski definition) is 0. The first-order valence-electron chi connectivity index (χ1n) is 10.3. The summed E-state index contributed by atoms with van der Waals surface area (Å²) in [7, 11) is 1.59. The topological polar surface area (TPSA) is 59.8 Å². The first-order valence-corrected chi connectivity index (χ1v) is 11.1. The van der Waals surface area contributed by atoms with E-state index < -0.39 is 6.04 Å². The Morgan fingerprint density at radius 1 is 1.00 bits per heavy atom. The largest absolute Gasteiger partial charge is 0.497 e. The van der Waals surface area contributed by atoms with Gasteiger partial charge in [0.1, 0.15) is 11.3 Å². The van der Waals surface area contributed by atoms with Crippen LogP contribution >= 0.6 is 15.9 Å². The van der Waals surface area contributed by atoms with E-state index in [1.807, 2.05) is 36.4 Å². The summed E-state index contributed by atoms with van der Waals surface area (Å²) in [6.45, 7) is 2.09. The normalized spacial score (nSPS) is 15.3. The fraction of sp³-hybridized carbons (Fsp3) is 0.154. The molecular weight excluding hydrogens is 470 g/mol. The van der Waals surface area contributed by atoms with Gasteiger partial charge in [-0.2, -0.15) is 0 Å². The molecular formula is C26H20BrNO4. The lowest BCUT2D eigenvalue weighted by molar-refractivity contribution is 0.0971. The number of fused-ring (bicyclic) bond motifs is 2. The van der Waals surface area contributed by atoms with Crippen LogP contribution in [0.3, 0.4) is 0 Å². The average Bonchev–Trinajstić information content (AvgIpc) is 3.12. The molecule has 160 valence electrons. The highest BCUT2D eigenvalue weighted by atomic mass is 79.9. The second kappa shape index (κ2) is 7.95. The number of carbonyl (C=O) groups excluding carboxylic acids is 1. The van der Waals surface area contributed by atoms with Gasteiger partial charge in [0.05, 0.1) is 24.1 Å². The summed E-state index contributed by atoms with van der Waals surface area (Å²) in [5, 5.41) is 0.442. The SMILES string of the molecule is CCc1ccc(C2c3c(oc4ccc(Br)cc4c3=O)C(=O)N2c2ccc(OC)cc2)cc1. The van der Waals surface area contributed by atoms with Crippen molar-refractivity contribution in [2.75, 3.05) is 12.0 Å². The summed E-state index contributed by atoms with van der Waals surface area (Å²) >= 11 is 3.43. The molecule has 0 saturated carbocycles. The predicted molar refractivity (Wildman–Crippen MR) is 128 cm³/mol. The third-order valence-electron chi connectivity index (χ3n) is 5.89. The van der Waals surface area contributed by atoms with E-state index in [1.165, 1.54) is 5.56 Å². The maximum absolute atomic E-state index is 13.6. The monoisotopic (exact) mass is 489 g/mol. The van der Waals surface area contributed by atoms with Gasteiger partial charge in [-0.25, -0.2) is 0 Å². The van der Waals surface area contributed by atoms with Crippen LogP contribution in [0.25, 0.3) is 11.0 Å². The molecule has 5 nitrogen and oxygen atoms in total. The van der Waals surface area contributed by atoms with Crippen LogP contribution in [-0.4, -0.2) is 13.0 Å². The number of rotatable bonds is 4. The first kappa shape index (κ1) is 20.5. The average molecular weight is 490 g/mol. The van der Waals surface area contributed by atoms with Crippen molar-refractivity contribution in [3.05, 3.63) is 104 Å². The number of amides is 1. The standard InChI is InChI=1S/C26H20BrNO4/c1-3-15-4-6-16(7-5-15)23-22-24(29)20-14-17(27)8-13-21(20)32-25(22)26(30)28(23)18-9-11-19(31-2)12-10-18/h4-14,23H,3H2,1-2H3. The van der Waals surface area contributed by atoms with Crippen LogP contribution in [-0.2, 0) is 6.42 Å². The van der Waals surface area contributed by atoms with E-state index >= 15 is 0 Å². The zero-order valence-electron chi connectivity index (χ0n) is 17.6. The van der Waals surface area contributed by atoms with E-state index in [2.05, 4.69) is 22.9 Å². The van der Waals surface area contributed by atoms with Crippen molar-refractivity contribution in [1.29, 1.82) is 0 Å². The summed E-state index contributed by atoms with van der Waals surface area (Å²) in [6, 6.07) is 19.9. The van der Waals surface area contributed by atoms with Gasteiger partial charge in [0.25, 0.3) is 5.91 Å². The van der Waals surface area contributed by atoms with Gasteiger partial charge in [0.2, 0.25) is 5.76 Å². The van der Waals surface area contributed by atoms with Crippen LogP contribution in [0.2, 0.25) is 0 Å². The van der Waals surface area contributed by atoms with E-state index in [1.54, 1.807) is 42.3 Å². The fourth-order valence-corrected chi connectivity index (χ4v) is 4.57. The lowest BCUT2D eigenvalue weighted by Crippen LogP contribution is -2.29. The minimum atomic E-state index is -0.587. The van der Waals surface area contributed by atoms with E-state index in [0.717, 1.165) is 16.5 Å². The molecule has 0 N–H and O–H groups in total. The van der Waals surface area contributed by atoms with Gasteiger partial charge in [-0.15, -0.1) is 0 Å². The Kier molecular flexibility index (Phi) is 5.10. The van der Waals surface area contributed by atoms with Crippen LogP contribution in [0.4, 0.5) is 5.69 Å². The highest BCUT2D eigenvalue weighted by Crippen LogP contribution is 2.41. The molecule has 1 aromatic heterocycles. The number of methoxy groups -OCH3 is 1. The van der Waals surface area contributed by atoms with Gasteiger partial charge in [-0.1, -0.05) is 47.1 Å². The molecule has 3 aromatic carbocycles. The van der Waals surface area contributed by atoms with Crippen LogP contribution in [0.15, 0.2) is 80.4 Å². The smallest absolute Gasteiger partial charge is 0.295 e. The molecule has 0 fully saturated rings. The Hall–Kier alpha value is -3.38. The fourth-order valence-electron chi connectivity index (χ4n) is 4.21. The number of hydrogen-bond acceptors (Lipinski definition) is 4. The third kappa shape index (κ3) is 3.22. The van der Waals surface area contributed by atoms with Crippen LogP contribution in [0, 0.1) is 0 Å². The van der Waals surface area contributed by atoms with E-state index in [-0.39, 0.29) is 17.1 Å². The zero-order chi connectivity index (χ0) is 22.4. The number of benzene rings is 3. The molecule has 0 radical (unpaired) electrons. The highest BCUT2D eigenvalue weighted by Gasteiger charge is 2.43. The second-order valence-corrected chi connectivity index (χ2v) is 8.60. The van der Waals surface area contributed by atoms with Gasteiger partial charge < -0.3 is 9.15 Å². The minimum absolute atomic E-state index is 0.0882. The molecule has 1 aliphatic heterocycles. The predicted octanol–water partition coefficient (Wildman–Crippen LogP) is 5.88. The first-order chi connectivity index (χ1) is 15.5. The van der Waals surface area contributed by atoms with Crippen LogP contribution in [0.5, 0.6) is 5.75 Å². The lowest BCUT2D eigenvalue weighted by Gasteiger charge is -2.25. The lowest BCUT2D eigenvalue weighted by atomic mass is 9.97. The van der Waals surface area contributed by atoms with Crippen molar-refractivity contribution in [2.45, 2.75) is 19.4 Å². The van der Waals surface area contributed by atoms with Crippen molar-refractivity contribution in [3.8, 4) is 5.75 Å².